The summed E-state index contributed by atoms with van der Waals surface area (Å²) in [4.78, 5) is 33.0. The molecule has 2 aliphatic heterocycles. The number of Topliss-reactive ketones (excluding diaryl/α,β-unsaturated/α-hetero) is 1. The molecular weight excluding hydrogens is 506 g/mol. The van der Waals surface area contributed by atoms with Crippen LogP contribution in [0.25, 0.3) is 5.76 Å². The van der Waals surface area contributed by atoms with Crippen LogP contribution in [0.1, 0.15) is 50.6 Å². The Kier molecular flexibility index (Phi) is 7.47. The van der Waals surface area contributed by atoms with Crippen LogP contribution in [0, 0.1) is 0 Å². The van der Waals surface area contributed by atoms with Crippen molar-refractivity contribution in [3.63, 3.8) is 0 Å². The molecule has 2 aromatic carbocycles. The molecule has 3 aromatic rings. The Morgan fingerprint density at radius 1 is 1.00 bits per heavy atom. The molecule has 1 aromatic heterocycles. The van der Waals surface area contributed by atoms with Crippen LogP contribution in [-0.4, -0.2) is 61.5 Å². The fourth-order valence-electron chi connectivity index (χ4n) is 5.40. The van der Waals surface area contributed by atoms with Crippen LogP contribution in [0.5, 0.6) is 5.75 Å². The van der Waals surface area contributed by atoms with Crippen LogP contribution in [0.15, 0.2) is 70.9 Å². The van der Waals surface area contributed by atoms with E-state index in [9.17, 15) is 14.7 Å². The maximum atomic E-state index is 13.5. The Morgan fingerprint density at radius 2 is 1.68 bits per heavy atom. The SMILES string of the molecule is CCOc1ccc(/C(O)=C2/C(=O)C(=O)N(c3ccc(N4CCN(C)CC4)cc3)C2c2ccco2)cc1C(C)(C)C. The highest BCUT2D eigenvalue weighted by Crippen LogP contribution is 2.43. The van der Waals surface area contributed by atoms with Crippen LogP contribution in [0.4, 0.5) is 11.4 Å². The highest BCUT2D eigenvalue weighted by molar-refractivity contribution is 6.51. The number of aliphatic hydroxyl groups excluding tert-OH is 1. The highest BCUT2D eigenvalue weighted by atomic mass is 16.5. The molecule has 5 rings (SSSR count). The van der Waals surface area contributed by atoms with Gasteiger partial charge in [-0.2, -0.15) is 0 Å². The second kappa shape index (κ2) is 10.8. The van der Waals surface area contributed by atoms with E-state index in [1.807, 2.05) is 37.3 Å². The van der Waals surface area contributed by atoms with E-state index in [1.54, 1.807) is 24.3 Å². The summed E-state index contributed by atoms with van der Waals surface area (Å²) < 4.78 is 11.5. The van der Waals surface area contributed by atoms with Gasteiger partial charge in [-0.05, 0) is 74.0 Å². The van der Waals surface area contributed by atoms with Crippen molar-refractivity contribution < 1.29 is 23.8 Å². The molecule has 2 aliphatic rings. The standard InChI is InChI=1S/C32H37N3O5/c1-6-39-25-14-9-21(20-24(25)32(2,3)4)29(36)27-28(26-8-7-19-40-26)35(31(38)30(27)37)23-12-10-22(11-13-23)34-17-15-33(5)16-18-34/h7-14,19-20,28,36H,6,15-18H2,1-5H3/b29-27-. The molecule has 0 bridgehead atoms. The van der Waals surface area contributed by atoms with Crippen molar-refractivity contribution in [3.05, 3.63) is 83.3 Å². The average molecular weight is 544 g/mol. The molecule has 0 spiro atoms. The molecule has 210 valence electrons. The lowest BCUT2D eigenvalue weighted by Gasteiger charge is -2.34. The molecule has 1 unspecified atom stereocenters. The third-order valence-electron chi connectivity index (χ3n) is 7.61. The number of ketones is 1. The van der Waals surface area contributed by atoms with E-state index >= 15 is 0 Å². The van der Waals surface area contributed by atoms with E-state index in [4.69, 9.17) is 9.15 Å². The quantitative estimate of drug-likeness (QED) is 0.255. The fourth-order valence-corrected chi connectivity index (χ4v) is 5.40. The summed E-state index contributed by atoms with van der Waals surface area (Å²) in [5, 5.41) is 11.6. The van der Waals surface area contributed by atoms with Crippen molar-refractivity contribution in [1.82, 2.24) is 4.90 Å². The predicted molar refractivity (Wildman–Crippen MR) is 156 cm³/mol. The number of rotatable bonds is 6. The van der Waals surface area contributed by atoms with Crippen molar-refractivity contribution in [1.29, 1.82) is 0 Å². The summed E-state index contributed by atoms with van der Waals surface area (Å²) >= 11 is 0. The molecule has 8 heteroatoms. The highest BCUT2D eigenvalue weighted by Gasteiger charge is 2.48. The first-order chi connectivity index (χ1) is 19.1. The zero-order valence-electron chi connectivity index (χ0n) is 23.8. The fraction of sp³-hybridized carbons (Fsp3) is 0.375. The van der Waals surface area contributed by atoms with E-state index in [-0.39, 0.29) is 16.7 Å². The van der Waals surface area contributed by atoms with Crippen molar-refractivity contribution in [3.8, 4) is 5.75 Å². The van der Waals surface area contributed by atoms with Gasteiger partial charge in [-0.1, -0.05) is 20.8 Å². The first-order valence-electron chi connectivity index (χ1n) is 13.8. The summed E-state index contributed by atoms with van der Waals surface area (Å²) in [6.45, 7) is 12.4. The number of furan rings is 1. The lowest BCUT2D eigenvalue weighted by Crippen LogP contribution is -2.44. The minimum Gasteiger partial charge on any atom is -0.507 e. The van der Waals surface area contributed by atoms with Gasteiger partial charge in [0.2, 0.25) is 0 Å². The van der Waals surface area contributed by atoms with Gasteiger partial charge in [0.25, 0.3) is 11.7 Å². The number of amides is 1. The number of carbonyl (C=O) groups is 2. The summed E-state index contributed by atoms with van der Waals surface area (Å²) in [6, 6.07) is 15.5. The number of likely N-dealkylation sites (N-methyl/N-ethyl adjacent to an activating group) is 1. The summed E-state index contributed by atoms with van der Waals surface area (Å²) in [5.74, 6) is -0.601. The second-order valence-corrected chi connectivity index (χ2v) is 11.4. The zero-order valence-corrected chi connectivity index (χ0v) is 23.8. The van der Waals surface area contributed by atoms with E-state index in [1.165, 1.54) is 11.2 Å². The number of carbonyl (C=O) groups excluding carboxylic acids is 2. The third kappa shape index (κ3) is 5.11. The number of nitrogens with zero attached hydrogens (tertiary/aromatic N) is 3. The number of benzene rings is 2. The lowest BCUT2D eigenvalue weighted by atomic mass is 9.84. The maximum absolute atomic E-state index is 13.5. The van der Waals surface area contributed by atoms with E-state index < -0.39 is 17.7 Å². The number of anilines is 2. The molecule has 8 nitrogen and oxygen atoms in total. The Balaban J connectivity index is 1.57. The average Bonchev–Trinajstić information content (AvgIpc) is 3.55. The van der Waals surface area contributed by atoms with Crippen LogP contribution in [-0.2, 0) is 15.0 Å². The second-order valence-electron chi connectivity index (χ2n) is 11.4. The molecule has 2 saturated heterocycles. The Hall–Kier alpha value is -4.04. The predicted octanol–water partition coefficient (Wildman–Crippen LogP) is 5.35. The van der Waals surface area contributed by atoms with Gasteiger partial charge in [-0.3, -0.25) is 14.5 Å². The van der Waals surface area contributed by atoms with Crippen molar-refractivity contribution >= 4 is 28.8 Å². The number of ether oxygens (including phenoxy) is 1. The van der Waals surface area contributed by atoms with Gasteiger partial charge in [-0.15, -0.1) is 0 Å². The van der Waals surface area contributed by atoms with Gasteiger partial charge < -0.3 is 24.1 Å². The van der Waals surface area contributed by atoms with Gasteiger partial charge >= 0.3 is 0 Å². The molecule has 40 heavy (non-hydrogen) atoms. The summed E-state index contributed by atoms with van der Waals surface area (Å²) in [6.07, 6.45) is 1.50. The van der Waals surface area contributed by atoms with Crippen LogP contribution in [0.3, 0.4) is 0 Å². The molecule has 0 radical (unpaired) electrons. The van der Waals surface area contributed by atoms with Crippen molar-refractivity contribution in [2.75, 3.05) is 49.6 Å². The lowest BCUT2D eigenvalue weighted by molar-refractivity contribution is -0.132. The normalized spacial score (nSPS) is 19.9. The summed E-state index contributed by atoms with van der Waals surface area (Å²) in [5.41, 5.74) is 2.66. The molecule has 1 N–H and O–H groups in total. The van der Waals surface area contributed by atoms with Crippen LogP contribution < -0.4 is 14.5 Å². The van der Waals surface area contributed by atoms with E-state index in [0.717, 1.165) is 43.2 Å². The first-order valence-corrected chi connectivity index (χ1v) is 13.8. The van der Waals surface area contributed by atoms with E-state index in [2.05, 4.69) is 37.6 Å². The first kappa shape index (κ1) is 27.5. The summed E-state index contributed by atoms with van der Waals surface area (Å²) in [7, 11) is 2.11. The molecular formula is C32H37N3O5. The van der Waals surface area contributed by atoms with Crippen molar-refractivity contribution in [2.45, 2.75) is 39.2 Å². The van der Waals surface area contributed by atoms with Gasteiger partial charge in [0.1, 0.15) is 23.3 Å². The van der Waals surface area contributed by atoms with Gasteiger partial charge in [0.15, 0.2) is 0 Å². The number of piperazine rings is 1. The molecule has 1 amide bonds. The third-order valence-corrected chi connectivity index (χ3v) is 7.61. The van der Waals surface area contributed by atoms with Crippen molar-refractivity contribution in [2.24, 2.45) is 0 Å². The smallest absolute Gasteiger partial charge is 0.300 e. The minimum absolute atomic E-state index is 0.00730. The molecule has 0 aliphatic carbocycles. The largest absolute Gasteiger partial charge is 0.507 e. The number of hydrogen-bond acceptors (Lipinski definition) is 7. The van der Waals surface area contributed by atoms with Gasteiger partial charge in [0.05, 0.1) is 18.4 Å². The maximum Gasteiger partial charge on any atom is 0.300 e. The Labute approximate surface area is 235 Å². The topological polar surface area (TPSA) is 86.5 Å². The van der Waals surface area contributed by atoms with Crippen LogP contribution in [0.2, 0.25) is 0 Å². The van der Waals surface area contributed by atoms with Gasteiger partial charge in [-0.25, -0.2) is 0 Å². The van der Waals surface area contributed by atoms with Gasteiger partial charge in [0, 0.05) is 48.7 Å². The Morgan fingerprint density at radius 3 is 2.27 bits per heavy atom. The molecule has 3 heterocycles. The Bertz CT molecular complexity index is 1410. The van der Waals surface area contributed by atoms with Crippen LogP contribution >= 0.6 is 0 Å². The molecule has 2 fully saturated rings. The number of aliphatic hydroxyl groups is 1. The number of hydrogen-bond donors (Lipinski definition) is 1. The molecule has 0 saturated carbocycles. The van der Waals surface area contributed by atoms with E-state index in [0.29, 0.717) is 23.6 Å². The molecule has 1 atom stereocenters. The zero-order chi connectivity index (χ0) is 28.6. The monoisotopic (exact) mass is 543 g/mol. The minimum atomic E-state index is -0.908.